The van der Waals surface area contributed by atoms with Gasteiger partial charge in [0.1, 0.15) is 11.6 Å². The predicted molar refractivity (Wildman–Crippen MR) is 72.8 cm³/mol. The lowest BCUT2D eigenvalue weighted by atomic mass is 10.2. The van der Waals surface area contributed by atoms with Gasteiger partial charge in [0.25, 0.3) is 0 Å². The molecule has 2 N–H and O–H groups in total. The summed E-state index contributed by atoms with van der Waals surface area (Å²) in [5.74, 6) is 0.0227. The van der Waals surface area contributed by atoms with Gasteiger partial charge in [-0.1, -0.05) is 40.2 Å². The molecule has 0 aromatic heterocycles. The number of nitrogens with one attached hydrogen (secondary N) is 1. The van der Waals surface area contributed by atoms with Crippen LogP contribution >= 0.6 is 15.9 Å². The first kappa shape index (κ1) is 13.1. The Bertz CT molecular complexity index is 545. The van der Waals surface area contributed by atoms with E-state index in [9.17, 15) is 9.50 Å². The van der Waals surface area contributed by atoms with Crippen molar-refractivity contribution in [2.24, 2.45) is 0 Å². The lowest BCUT2D eigenvalue weighted by Gasteiger charge is -2.08. The molecule has 2 aromatic carbocycles. The SMILES string of the molecule is Oc1ccccc1CNCc1ccc(F)cc1Br. The Labute approximate surface area is 114 Å². The molecule has 18 heavy (non-hydrogen) atoms. The van der Waals surface area contributed by atoms with Crippen molar-refractivity contribution in [2.45, 2.75) is 13.1 Å². The highest BCUT2D eigenvalue weighted by molar-refractivity contribution is 9.10. The Morgan fingerprint density at radius 3 is 2.50 bits per heavy atom. The first-order valence-electron chi connectivity index (χ1n) is 5.58. The lowest BCUT2D eigenvalue weighted by molar-refractivity contribution is 0.464. The van der Waals surface area contributed by atoms with Gasteiger partial charge in [0.15, 0.2) is 0 Å². The standard InChI is InChI=1S/C14H13BrFNO/c15-13-7-12(16)6-5-10(13)8-17-9-11-3-1-2-4-14(11)18/h1-7,17-18H,8-9H2. The van der Waals surface area contributed by atoms with Gasteiger partial charge in [-0.3, -0.25) is 0 Å². The molecule has 0 saturated heterocycles. The summed E-state index contributed by atoms with van der Waals surface area (Å²) >= 11 is 3.32. The molecule has 0 saturated carbocycles. The molecule has 0 spiro atoms. The Kier molecular flexibility index (Phi) is 4.33. The molecular formula is C14H13BrFNO. The summed E-state index contributed by atoms with van der Waals surface area (Å²) < 4.78 is 13.6. The number of halogens is 2. The van der Waals surface area contributed by atoms with Crippen molar-refractivity contribution in [3.8, 4) is 5.75 Å². The molecule has 2 rings (SSSR count). The highest BCUT2D eigenvalue weighted by atomic mass is 79.9. The van der Waals surface area contributed by atoms with Crippen molar-refractivity contribution in [1.29, 1.82) is 0 Å². The molecule has 0 aliphatic carbocycles. The Hall–Kier alpha value is -1.39. The third-order valence-corrected chi connectivity index (χ3v) is 3.38. The second-order valence-corrected chi connectivity index (χ2v) is 4.82. The normalized spacial score (nSPS) is 10.6. The fourth-order valence-electron chi connectivity index (χ4n) is 1.66. The van der Waals surface area contributed by atoms with E-state index in [2.05, 4.69) is 21.2 Å². The number of aromatic hydroxyl groups is 1. The Balaban J connectivity index is 1.95. The maximum Gasteiger partial charge on any atom is 0.124 e. The van der Waals surface area contributed by atoms with E-state index in [4.69, 9.17) is 0 Å². The van der Waals surface area contributed by atoms with Crippen molar-refractivity contribution in [3.63, 3.8) is 0 Å². The summed E-state index contributed by atoms with van der Waals surface area (Å²) in [6, 6.07) is 11.8. The summed E-state index contributed by atoms with van der Waals surface area (Å²) in [7, 11) is 0. The van der Waals surface area contributed by atoms with Gasteiger partial charge in [-0.2, -0.15) is 0 Å². The van der Waals surface area contributed by atoms with E-state index in [1.165, 1.54) is 12.1 Å². The molecule has 0 radical (unpaired) electrons. The van der Waals surface area contributed by atoms with E-state index in [0.717, 1.165) is 15.6 Å². The lowest BCUT2D eigenvalue weighted by Crippen LogP contribution is -2.13. The number of rotatable bonds is 4. The molecule has 2 nitrogen and oxygen atoms in total. The largest absolute Gasteiger partial charge is 0.508 e. The van der Waals surface area contributed by atoms with E-state index < -0.39 is 0 Å². The average molecular weight is 310 g/mol. The molecule has 0 aliphatic heterocycles. The molecule has 0 unspecified atom stereocenters. The van der Waals surface area contributed by atoms with Gasteiger partial charge in [0, 0.05) is 23.1 Å². The Morgan fingerprint density at radius 2 is 1.78 bits per heavy atom. The summed E-state index contributed by atoms with van der Waals surface area (Å²) in [5, 5.41) is 12.8. The number of para-hydroxylation sites is 1. The maximum atomic E-state index is 12.9. The molecule has 0 atom stereocenters. The average Bonchev–Trinajstić information content (AvgIpc) is 2.34. The number of phenolic OH excluding ortho intramolecular Hbond substituents is 1. The molecule has 0 bridgehead atoms. The third-order valence-electron chi connectivity index (χ3n) is 2.64. The quantitative estimate of drug-likeness (QED) is 0.904. The van der Waals surface area contributed by atoms with Crippen LogP contribution in [0.25, 0.3) is 0 Å². The van der Waals surface area contributed by atoms with Crippen molar-refractivity contribution in [2.75, 3.05) is 0 Å². The molecule has 0 fully saturated rings. The van der Waals surface area contributed by atoms with Gasteiger partial charge in [-0.15, -0.1) is 0 Å². The minimum absolute atomic E-state index is 0.258. The molecular weight excluding hydrogens is 297 g/mol. The van der Waals surface area contributed by atoms with E-state index in [0.29, 0.717) is 13.1 Å². The van der Waals surface area contributed by atoms with Crippen LogP contribution < -0.4 is 5.32 Å². The van der Waals surface area contributed by atoms with Crippen LogP contribution in [0, 0.1) is 5.82 Å². The number of phenols is 1. The van der Waals surface area contributed by atoms with Crippen LogP contribution in [0.15, 0.2) is 46.9 Å². The smallest absolute Gasteiger partial charge is 0.124 e. The topological polar surface area (TPSA) is 32.3 Å². The van der Waals surface area contributed by atoms with Crippen molar-refractivity contribution in [3.05, 3.63) is 63.9 Å². The Morgan fingerprint density at radius 1 is 1.06 bits per heavy atom. The minimum Gasteiger partial charge on any atom is -0.508 e. The summed E-state index contributed by atoms with van der Waals surface area (Å²) in [6.07, 6.45) is 0. The summed E-state index contributed by atoms with van der Waals surface area (Å²) in [4.78, 5) is 0. The van der Waals surface area contributed by atoms with Crippen LogP contribution in [0.3, 0.4) is 0 Å². The highest BCUT2D eigenvalue weighted by Crippen LogP contribution is 2.19. The van der Waals surface area contributed by atoms with Crippen LogP contribution in [0.1, 0.15) is 11.1 Å². The number of hydrogen-bond donors (Lipinski definition) is 2. The van der Waals surface area contributed by atoms with E-state index in [1.54, 1.807) is 18.2 Å². The van der Waals surface area contributed by atoms with Gasteiger partial charge in [0.05, 0.1) is 0 Å². The second kappa shape index (κ2) is 5.98. The fraction of sp³-hybridized carbons (Fsp3) is 0.143. The summed E-state index contributed by atoms with van der Waals surface area (Å²) in [6.45, 7) is 1.17. The fourth-order valence-corrected chi connectivity index (χ4v) is 2.15. The minimum atomic E-state index is -0.258. The zero-order chi connectivity index (χ0) is 13.0. The third kappa shape index (κ3) is 3.31. The van der Waals surface area contributed by atoms with Crippen molar-refractivity contribution in [1.82, 2.24) is 5.32 Å². The van der Waals surface area contributed by atoms with Gasteiger partial charge in [-0.25, -0.2) is 4.39 Å². The van der Waals surface area contributed by atoms with E-state index >= 15 is 0 Å². The van der Waals surface area contributed by atoms with Gasteiger partial charge >= 0.3 is 0 Å². The van der Waals surface area contributed by atoms with E-state index in [-0.39, 0.29) is 11.6 Å². The molecule has 2 aromatic rings. The van der Waals surface area contributed by atoms with Crippen LogP contribution in [0.2, 0.25) is 0 Å². The highest BCUT2D eigenvalue weighted by Gasteiger charge is 2.02. The number of hydrogen-bond acceptors (Lipinski definition) is 2. The second-order valence-electron chi connectivity index (χ2n) is 3.97. The van der Waals surface area contributed by atoms with Crippen LogP contribution in [0.5, 0.6) is 5.75 Å². The monoisotopic (exact) mass is 309 g/mol. The summed E-state index contributed by atoms with van der Waals surface area (Å²) in [5.41, 5.74) is 1.82. The zero-order valence-electron chi connectivity index (χ0n) is 9.66. The number of benzene rings is 2. The first-order chi connectivity index (χ1) is 8.66. The van der Waals surface area contributed by atoms with Gasteiger partial charge < -0.3 is 10.4 Å². The van der Waals surface area contributed by atoms with Crippen molar-refractivity contribution < 1.29 is 9.50 Å². The maximum absolute atomic E-state index is 12.9. The molecule has 0 aliphatic rings. The molecule has 94 valence electrons. The predicted octanol–water partition coefficient (Wildman–Crippen LogP) is 3.58. The van der Waals surface area contributed by atoms with Crippen LogP contribution in [-0.2, 0) is 13.1 Å². The zero-order valence-corrected chi connectivity index (χ0v) is 11.2. The molecule has 0 amide bonds. The first-order valence-corrected chi connectivity index (χ1v) is 6.37. The van der Waals surface area contributed by atoms with Gasteiger partial charge in [0.2, 0.25) is 0 Å². The van der Waals surface area contributed by atoms with Gasteiger partial charge in [-0.05, 0) is 23.8 Å². The molecule has 4 heteroatoms. The van der Waals surface area contributed by atoms with Crippen molar-refractivity contribution >= 4 is 15.9 Å². The van der Waals surface area contributed by atoms with Crippen LogP contribution in [-0.4, -0.2) is 5.11 Å². The van der Waals surface area contributed by atoms with E-state index in [1.807, 2.05) is 12.1 Å². The van der Waals surface area contributed by atoms with Crippen LogP contribution in [0.4, 0.5) is 4.39 Å². The molecule has 0 heterocycles.